The molecular weight excluding hydrogens is 278 g/mol. The number of aryl methyl sites for hydroxylation is 3. The molecule has 6 nitrogen and oxygen atoms in total. The maximum absolute atomic E-state index is 12.3. The first-order chi connectivity index (χ1) is 10.5. The van der Waals surface area contributed by atoms with Gasteiger partial charge < -0.3 is 9.88 Å². The van der Waals surface area contributed by atoms with Crippen LogP contribution in [-0.2, 0) is 17.9 Å². The first-order valence-electron chi connectivity index (χ1n) is 7.75. The summed E-state index contributed by atoms with van der Waals surface area (Å²) >= 11 is 0. The third-order valence-electron chi connectivity index (χ3n) is 4.07. The summed E-state index contributed by atoms with van der Waals surface area (Å²) < 4.78 is 3.88. The van der Waals surface area contributed by atoms with Crippen LogP contribution in [0.15, 0.2) is 12.4 Å². The monoisotopic (exact) mass is 303 g/mol. The molecule has 1 atom stereocenters. The Balaban J connectivity index is 2.04. The number of amides is 1. The number of imidazole rings is 1. The summed E-state index contributed by atoms with van der Waals surface area (Å²) in [7, 11) is 0. The summed E-state index contributed by atoms with van der Waals surface area (Å²) in [6, 6.07) is -0.270. The summed E-state index contributed by atoms with van der Waals surface area (Å²) in [5.41, 5.74) is 3.22. The number of hydrogen-bond acceptors (Lipinski definition) is 3. The Morgan fingerprint density at radius 3 is 2.68 bits per heavy atom. The van der Waals surface area contributed by atoms with Gasteiger partial charge in [0.15, 0.2) is 0 Å². The van der Waals surface area contributed by atoms with Gasteiger partial charge in [-0.2, -0.15) is 5.10 Å². The van der Waals surface area contributed by atoms with E-state index < -0.39 is 0 Å². The van der Waals surface area contributed by atoms with E-state index in [0.29, 0.717) is 6.54 Å². The van der Waals surface area contributed by atoms with E-state index in [1.165, 1.54) is 0 Å². The number of aromatic nitrogens is 4. The second kappa shape index (κ2) is 6.77. The maximum Gasteiger partial charge on any atom is 0.243 e. The second-order valence-electron chi connectivity index (χ2n) is 5.65. The van der Waals surface area contributed by atoms with Crippen molar-refractivity contribution in [2.45, 2.75) is 60.2 Å². The summed E-state index contributed by atoms with van der Waals surface area (Å²) in [4.78, 5) is 16.5. The van der Waals surface area contributed by atoms with Gasteiger partial charge in [-0.1, -0.05) is 6.92 Å². The van der Waals surface area contributed by atoms with Crippen LogP contribution in [0.25, 0.3) is 0 Å². The lowest BCUT2D eigenvalue weighted by Gasteiger charge is -2.15. The molecule has 120 valence electrons. The van der Waals surface area contributed by atoms with Crippen molar-refractivity contribution in [1.29, 1.82) is 0 Å². The zero-order valence-corrected chi connectivity index (χ0v) is 14.1. The summed E-state index contributed by atoms with van der Waals surface area (Å²) in [5.74, 6) is 0.828. The molecule has 0 bridgehead atoms. The Morgan fingerprint density at radius 2 is 2.09 bits per heavy atom. The molecule has 1 N–H and O–H groups in total. The molecule has 0 aliphatic heterocycles. The van der Waals surface area contributed by atoms with Crippen LogP contribution in [-0.4, -0.2) is 25.2 Å². The Labute approximate surface area is 131 Å². The fourth-order valence-corrected chi connectivity index (χ4v) is 2.67. The smallest absolute Gasteiger partial charge is 0.243 e. The molecule has 0 fully saturated rings. The molecule has 0 spiro atoms. The molecule has 0 saturated carbocycles. The van der Waals surface area contributed by atoms with Crippen molar-refractivity contribution >= 4 is 5.91 Å². The van der Waals surface area contributed by atoms with Gasteiger partial charge in [-0.05, 0) is 34.1 Å². The first kappa shape index (κ1) is 16.3. The summed E-state index contributed by atoms with van der Waals surface area (Å²) in [6.07, 6.45) is 4.59. The molecule has 0 aromatic carbocycles. The van der Waals surface area contributed by atoms with Gasteiger partial charge in [0.2, 0.25) is 5.91 Å². The highest BCUT2D eigenvalue weighted by molar-refractivity contribution is 5.80. The molecule has 0 aliphatic carbocycles. The lowest BCUT2D eigenvalue weighted by Crippen LogP contribution is -2.31. The van der Waals surface area contributed by atoms with E-state index in [0.717, 1.165) is 35.7 Å². The molecule has 0 saturated heterocycles. The van der Waals surface area contributed by atoms with Gasteiger partial charge in [-0.15, -0.1) is 0 Å². The third-order valence-corrected chi connectivity index (χ3v) is 4.07. The van der Waals surface area contributed by atoms with E-state index in [2.05, 4.69) is 29.2 Å². The number of rotatable bonds is 6. The molecule has 2 aromatic heterocycles. The highest BCUT2D eigenvalue weighted by Gasteiger charge is 2.17. The average Bonchev–Trinajstić information content (AvgIpc) is 3.01. The Hall–Kier alpha value is -2.11. The van der Waals surface area contributed by atoms with Crippen LogP contribution in [0.3, 0.4) is 0 Å². The molecule has 0 unspecified atom stereocenters. The maximum atomic E-state index is 12.3. The van der Waals surface area contributed by atoms with Crippen molar-refractivity contribution in [2.24, 2.45) is 0 Å². The van der Waals surface area contributed by atoms with Gasteiger partial charge in [-0.25, -0.2) is 4.98 Å². The van der Waals surface area contributed by atoms with E-state index in [1.54, 1.807) is 6.20 Å². The van der Waals surface area contributed by atoms with Gasteiger partial charge in [0.1, 0.15) is 11.9 Å². The minimum absolute atomic E-state index is 0.0110. The zero-order valence-electron chi connectivity index (χ0n) is 14.1. The standard InChI is InChI=1S/C16H25N5O/c1-6-8-21-12(3)15(11(2)19-21)10-18-16(22)13(4)20-9-7-17-14(20)5/h7,9,13H,6,8,10H2,1-5H3,(H,18,22)/t13-/m0/s1. The van der Waals surface area contributed by atoms with E-state index in [4.69, 9.17) is 0 Å². The lowest BCUT2D eigenvalue weighted by atomic mass is 10.2. The topological polar surface area (TPSA) is 64.7 Å². The van der Waals surface area contributed by atoms with Crippen LogP contribution in [0.5, 0.6) is 0 Å². The molecular formula is C16H25N5O. The number of nitrogens with one attached hydrogen (secondary N) is 1. The predicted molar refractivity (Wildman–Crippen MR) is 85.5 cm³/mol. The van der Waals surface area contributed by atoms with Crippen molar-refractivity contribution in [3.05, 3.63) is 35.2 Å². The molecule has 0 aliphatic rings. The predicted octanol–water partition coefficient (Wildman–Crippen LogP) is 2.29. The van der Waals surface area contributed by atoms with Crippen LogP contribution in [0, 0.1) is 20.8 Å². The number of carbonyl (C=O) groups excluding carboxylic acids is 1. The Kier molecular flexibility index (Phi) is 5.00. The van der Waals surface area contributed by atoms with Gasteiger partial charge in [0.25, 0.3) is 0 Å². The molecule has 6 heteroatoms. The molecule has 1 amide bonds. The van der Waals surface area contributed by atoms with E-state index in [-0.39, 0.29) is 11.9 Å². The fraction of sp³-hybridized carbons (Fsp3) is 0.562. The fourth-order valence-electron chi connectivity index (χ4n) is 2.67. The van der Waals surface area contributed by atoms with E-state index >= 15 is 0 Å². The van der Waals surface area contributed by atoms with E-state index in [9.17, 15) is 4.79 Å². The Morgan fingerprint density at radius 1 is 1.36 bits per heavy atom. The van der Waals surface area contributed by atoms with Gasteiger partial charge in [-0.3, -0.25) is 9.48 Å². The van der Waals surface area contributed by atoms with E-state index in [1.807, 2.05) is 36.2 Å². The number of nitrogens with zero attached hydrogens (tertiary/aromatic N) is 4. The summed E-state index contributed by atoms with van der Waals surface area (Å²) in [5, 5.41) is 7.55. The van der Waals surface area contributed by atoms with Crippen LogP contribution in [0.2, 0.25) is 0 Å². The molecule has 22 heavy (non-hydrogen) atoms. The number of carbonyl (C=O) groups is 1. The first-order valence-corrected chi connectivity index (χ1v) is 7.75. The van der Waals surface area contributed by atoms with Crippen molar-refractivity contribution in [3.8, 4) is 0 Å². The summed E-state index contributed by atoms with van der Waals surface area (Å²) in [6.45, 7) is 11.4. The average molecular weight is 303 g/mol. The Bertz CT molecular complexity index is 656. The zero-order chi connectivity index (χ0) is 16.3. The van der Waals surface area contributed by atoms with Crippen molar-refractivity contribution in [2.75, 3.05) is 0 Å². The largest absolute Gasteiger partial charge is 0.350 e. The van der Waals surface area contributed by atoms with Crippen molar-refractivity contribution < 1.29 is 4.79 Å². The number of hydrogen-bond donors (Lipinski definition) is 1. The van der Waals surface area contributed by atoms with Crippen LogP contribution in [0.4, 0.5) is 0 Å². The normalized spacial score (nSPS) is 12.4. The van der Waals surface area contributed by atoms with Crippen LogP contribution >= 0.6 is 0 Å². The minimum atomic E-state index is -0.270. The van der Waals surface area contributed by atoms with Crippen molar-refractivity contribution in [3.63, 3.8) is 0 Å². The highest BCUT2D eigenvalue weighted by Crippen LogP contribution is 2.14. The van der Waals surface area contributed by atoms with Crippen LogP contribution in [0.1, 0.15) is 49.1 Å². The third kappa shape index (κ3) is 3.21. The lowest BCUT2D eigenvalue weighted by molar-refractivity contribution is -0.124. The SMILES string of the molecule is CCCn1nc(C)c(CNC(=O)[C@H](C)n2ccnc2C)c1C. The quantitative estimate of drug-likeness (QED) is 0.890. The van der Waals surface area contributed by atoms with Gasteiger partial charge >= 0.3 is 0 Å². The van der Waals surface area contributed by atoms with Gasteiger partial charge in [0.05, 0.1) is 5.69 Å². The molecule has 0 radical (unpaired) electrons. The molecule has 2 heterocycles. The van der Waals surface area contributed by atoms with Crippen molar-refractivity contribution in [1.82, 2.24) is 24.6 Å². The van der Waals surface area contributed by atoms with Gasteiger partial charge in [0, 0.05) is 36.7 Å². The molecule has 2 rings (SSSR count). The second-order valence-corrected chi connectivity index (χ2v) is 5.65. The molecule has 2 aromatic rings. The van der Waals surface area contributed by atoms with Crippen LogP contribution < -0.4 is 5.32 Å². The minimum Gasteiger partial charge on any atom is -0.350 e. The highest BCUT2D eigenvalue weighted by atomic mass is 16.2.